The number of non-ortho nitro benzene ring substituents is 1. The molecule has 0 fully saturated rings. The molecule has 4 nitrogen and oxygen atoms in total. The smallest absolute Gasteiger partial charge is 0.261 e. The van der Waals surface area contributed by atoms with Crippen LogP contribution in [0.25, 0.3) is 10.8 Å². The number of aromatic nitrogens is 1. The highest BCUT2D eigenvalue weighted by Gasteiger charge is 2.10. The number of nitro benzene ring substituents is 1. The minimum atomic E-state index is -0.390. The molecular formula is C10H9BrN2O2. The second-order valence-corrected chi connectivity index (χ2v) is 3.08. The van der Waals surface area contributed by atoms with Crippen LogP contribution in [-0.2, 0) is 0 Å². The maximum atomic E-state index is 10.7. The van der Waals surface area contributed by atoms with Gasteiger partial charge in [0.05, 0.1) is 10.3 Å². The first kappa shape index (κ1) is 11.6. The SMILES string of the molecule is Br.Cc1cc2cccc([N+](=O)[O-])c2cn1. The number of rotatable bonds is 1. The van der Waals surface area contributed by atoms with Gasteiger partial charge in [-0.05, 0) is 18.4 Å². The summed E-state index contributed by atoms with van der Waals surface area (Å²) in [6, 6.07) is 6.85. The van der Waals surface area contributed by atoms with Gasteiger partial charge in [0.25, 0.3) is 5.69 Å². The van der Waals surface area contributed by atoms with Gasteiger partial charge in [-0.3, -0.25) is 15.1 Å². The number of fused-ring (bicyclic) bond motifs is 1. The van der Waals surface area contributed by atoms with Gasteiger partial charge in [0.15, 0.2) is 0 Å². The summed E-state index contributed by atoms with van der Waals surface area (Å²) in [5, 5.41) is 12.1. The second kappa shape index (κ2) is 4.35. The van der Waals surface area contributed by atoms with Crippen LogP contribution in [0.1, 0.15) is 5.69 Å². The van der Waals surface area contributed by atoms with Crippen LogP contribution in [-0.4, -0.2) is 9.91 Å². The molecule has 0 saturated heterocycles. The molecule has 0 aliphatic rings. The minimum Gasteiger partial charge on any atom is -0.261 e. The molecule has 2 aromatic rings. The van der Waals surface area contributed by atoms with E-state index in [1.54, 1.807) is 12.3 Å². The Hall–Kier alpha value is -1.49. The van der Waals surface area contributed by atoms with Gasteiger partial charge in [0.1, 0.15) is 0 Å². The van der Waals surface area contributed by atoms with Gasteiger partial charge in [-0.2, -0.15) is 0 Å². The van der Waals surface area contributed by atoms with Crippen molar-refractivity contribution in [3.05, 3.63) is 46.3 Å². The predicted octanol–water partition coefficient (Wildman–Crippen LogP) is 3.03. The van der Waals surface area contributed by atoms with Crippen molar-refractivity contribution < 1.29 is 4.92 Å². The molecule has 0 aliphatic heterocycles. The average Bonchev–Trinajstić information content (AvgIpc) is 2.16. The van der Waals surface area contributed by atoms with E-state index < -0.39 is 0 Å². The third-order valence-electron chi connectivity index (χ3n) is 2.08. The topological polar surface area (TPSA) is 56.0 Å². The molecule has 5 heteroatoms. The monoisotopic (exact) mass is 268 g/mol. The lowest BCUT2D eigenvalue weighted by Crippen LogP contribution is -1.90. The van der Waals surface area contributed by atoms with Crippen molar-refractivity contribution >= 4 is 33.4 Å². The maximum Gasteiger partial charge on any atom is 0.278 e. The summed E-state index contributed by atoms with van der Waals surface area (Å²) in [4.78, 5) is 14.3. The number of pyridine rings is 1. The molecule has 0 bridgehead atoms. The number of nitrogens with zero attached hydrogens (tertiary/aromatic N) is 2. The van der Waals surface area contributed by atoms with Crippen LogP contribution >= 0.6 is 17.0 Å². The standard InChI is InChI=1S/C10H8N2O2.BrH/c1-7-5-8-3-2-4-10(12(13)14)9(8)6-11-7;/h2-6H,1H3;1H. The van der Waals surface area contributed by atoms with Gasteiger partial charge in [-0.15, -0.1) is 17.0 Å². The van der Waals surface area contributed by atoms with Crippen molar-refractivity contribution in [3.63, 3.8) is 0 Å². The Morgan fingerprint density at radius 3 is 2.80 bits per heavy atom. The molecule has 0 radical (unpaired) electrons. The molecule has 2 rings (SSSR count). The van der Waals surface area contributed by atoms with Crippen molar-refractivity contribution in [2.45, 2.75) is 6.92 Å². The zero-order chi connectivity index (χ0) is 10.1. The molecule has 0 saturated carbocycles. The fourth-order valence-electron chi connectivity index (χ4n) is 1.42. The predicted molar refractivity (Wildman–Crippen MR) is 63.5 cm³/mol. The zero-order valence-electron chi connectivity index (χ0n) is 8.01. The molecule has 0 N–H and O–H groups in total. The van der Waals surface area contributed by atoms with E-state index in [-0.39, 0.29) is 27.6 Å². The van der Waals surface area contributed by atoms with Gasteiger partial charge < -0.3 is 0 Å². The third-order valence-corrected chi connectivity index (χ3v) is 2.08. The van der Waals surface area contributed by atoms with E-state index in [1.807, 2.05) is 19.1 Å². The first-order valence-corrected chi connectivity index (χ1v) is 4.18. The highest BCUT2D eigenvalue weighted by molar-refractivity contribution is 8.93. The van der Waals surface area contributed by atoms with Crippen LogP contribution in [0.5, 0.6) is 0 Å². The first-order valence-electron chi connectivity index (χ1n) is 4.18. The highest BCUT2D eigenvalue weighted by Crippen LogP contribution is 2.24. The van der Waals surface area contributed by atoms with Crippen molar-refractivity contribution in [3.8, 4) is 0 Å². The first-order chi connectivity index (χ1) is 6.68. The highest BCUT2D eigenvalue weighted by atomic mass is 79.9. The van der Waals surface area contributed by atoms with E-state index in [0.717, 1.165) is 11.1 Å². The van der Waals surface area contributed by atoms with E-state index in [4.69, 9.17) is 0 Å². The van der Waals surface area contributed by atoms with Gasteiger partial charge in [-0.25, -0.2) is 0 Å². The second-order valence-electron chi connectivity index (χ2n) is 3.08. The fourth-order valence-corrected chi connectivity index (χ4v) is 1.42. The third kappa shape index (κ3) is 2.12. The molecule has 0 aliphatic carbocycles. The fraction of sp³-hybridized carbons (Fsp3) is 0.100. The minimum absolute atomic E-state index is 0. The normalized spacial score (nSPS) is 9.67. The maximum absolute atomic E-state index is 10.7. The number of hydrogen-bond acceptors (Lipinski definition) is 3. The molecule has 1 heterocycles. The Bertz CT molecular complexity index is 514. The average molecular weight is 269 g/mol. The van der Waals surface area contributed by atoms with Crippen LogP contribution in [0.3, 0.4) is 0 Å². The van der Waals surface area contributed by atoms with Crippen molar-refractivity contribution in [1.82, 2.24) is 4.98 Å². The molecule has 0 spiro atoms. The lowest BCUT2D eigenvalue weighted by atomic mass is 10.1. The van der Waals surface area contributed by atoms with E-state index in [1.165, 1.54) is 6.07 Å². The molecular weight excluding hydrogens is 260 g/mol. The zero-order valence-corrected chi connectivity index (χ0v) is 9.72. The van der Waals surface area contributed by atoms with Crippen molar-refractivity contribution in [2.75, 3.05) is 0 Å². The number of hydrogen-bond donors (Lipinski definition) is 0. The van der Waals surface area contributed by atoms with Crippen LogP contribution in [0.15, 0.2) is 30.5 Å². The van der Waals surface area contributed by atoms with E-state index in [9.17, 15) is 10.1 Å². The Morgan fingerprint density at radius 1 is 1.40 bits per heavy atom. The van der Waals surface area contributed by atoms with Gasteiger partial charge >= 0.3 is 0 Å². The largest absolute Gasteiger partial charge is 0.278 e. The molecule has 15 heavy (non-hydrogen) atoms. The van der Waals surface area contributed by atoms with Gasteiger partial charge in [0.2, 0.25) is 0 Å². The van der Waals surface area contributed by atoms with Crippen LogP contribution in [0.4, 0.5) is 5.69 Å². The quantitative estimate of drug-likeness (QED) is 0.590. The number of benzene rings is 1. The summed E-state index contributed by atoms with van der Waals surface area (Å²) in [7, 11) is 0. The number of aryl methyl sites for hydroxylation is 1. The van der Waals surface area contributed by atoms with Gasteiger partial charge in [-0.1, -0.05) is 12.1 Å². The Morgan fingerprint density at radius 2 is 2.13 bits per heavy atom. The van der Waals surface area contributed by atoms with E-state index >= 15 is 0 Å². The summed E-state index contributed by atoms with van der Waals surface area (Å²) < 4.78 is 0. The molecule has 0 atom stereocenters. The van der Waals surface area contributed by atoms with E-state index in [0.29, 0.717) is 5.39 Å². The van der Waals surface area contributed by atoms with Crippen molar-refractivity contribution in [1.29, 1.82) is 0 Å². The number of nitro groups is 1. The lowest BCUT2D eigenvalue weighted by Gasteiger charge is -1.99. The lowest BCUT2D eigenvalue weighted by molar-refractivity contribution is -0.383. The Labute approximate surface area is 96.9 Å². The molecule has 78 valence electrons. The van der Waals surface area contributed by atoms with Crippen LogP contribution in [0, 0.1) is 17.0 Å². The molecule has 1 aromatic carbocycles. The summed E-state index contributed by atoms with van der Waals surface area (Å²) in [5.74, 6) is 0. The summed E-state index contributed by atoms with van der Waals surface area (Å²) in [6.07, 6.45) is 1.54. The molecule has 1 aromatic heterocycles. The summed E-state index contributed by atoms with van der Waals surface area (Å²) >= 11 is 0. The number of halogens is 1. The summed E-state index contributed by atoms with van der Waals surface area (Å²) in [6.45, 7) is 1.86. The van der Waals surface area contributed by atoms with Gasteiger partial charge in [0, 0.05) is 18.0 Å². The molecule has 0 unspecified atom stereocenters. The van der Waals surface area contributed by atoms with E-state index in [2.05, 4.69) is 4.98 Å². The molecule has 0 amide bonds. The Kier molecular flexibility index (Phi) is 3.36. The summed E-state index contributed by atoms with van der Waals surface area (Å²) in [5.41, 5.74) is 0.966. The van der Waals surface area contributed by atoms with Crippen LogP contribution < -0.4 is 0 Å². The van der Waals surface area contributed by atoms with Crippen molar-refractivity contribution in [2.24, 2.45) is 0 Å². The van der Waals surface area contributed by atoms with Crippen LogP contribution in [0.2, 0.25) is 0 Å². The Balaban J connectivity index is 0.00000112.